The zero-order chi connectivity index (χ0) is 26.7. The maximum absolute atomic E-state index is 4.77. The number of nitrogens with zero attached hydrogens (tertiary/aromatic N) is 4. The summed E-state index contributed by atoms with van der Waals surface area (Å²) in [4.78, 5) is 4.77. The van der Waals surface area contributed by atoms with E-state index in [1.807, 2.05) is 6.20 Å². The molecule has 39 heavy (non-hydrogen) atoms. The van der Waals surface area contributed by atoms with Gasteiger partial charge in [-0.05, 0) is 61.0 Å². The number of aromatic nitrogens is 4. The average Bonchev–Trinajstić information content (AvgIpc) is 3.48. The van der Waals surface area contributed by atoms with Gasteiger partial charge in [-0.25, -0.2) is 9.55 Å². The molecular weight excluding hydrogens is 492 g/mol. The fraction of sp³-hybridized carbons (Fsp3) is 0.118. The van der Waals surface area contributed by atoms with E-state index in [0.29, 0.717) is 0 Å². The van der Waals surface area contributed by atoms with Crippen molar-refractivity contribution in [2.75, 3.05) is 0 Å². The summed E-state index contributed by atoms with van der Waals surface area (Å²) in [6, 6.07) is 37.7. The van der Waals surface area contributed by atoms with E-state index >= 15 is 0 Å². The van der Waals surface area contributed by atoms with Gasteiger partial charge in [0.15, 0.2) is 11.0 Å². The molecule has 0 N–H and O–H groups in total. The molecule has 190 valence electrons. The van der Waals surface area contributed by atoms with Crippen molar-refractivity contribution in [3.63, 3.8) is 0 Å². The maximum atomic E-state index is 4.77. The summed E-state index contributed by atoms with van der Waals surface area (Å²) in [6.07, 6.45) is 4.09. The Morgan fingerprint density at radius 2 is 1.44 bits per heavy atom. The van der Waals surface area contributed by atoms with E-state index in [1.165, 1.54) is 54.5 Å². The quantitative estimate of drug-likeness (QED) is 0.203. The van der Waals surface area contributed by atoms with Gasteiger partial charge in [0.05, 0.1) is 18.1 Å². The molecule has 0 saturated heterocycles. The second kappa shape index (κ2) is 8.78. The van der Waals surface area contributed by atoms with Crippen molar-refractivity contribution in [3.05, 3.63) is 121 Å². The predicted molar refractivity (Wildman–Crippen MR) is 165 cm³/mol. The smallest absolute Gasteiger partial charge is 0.249 e. The van der Waals surface area contributed by atoms with E-state index in [2.05, 4.69) is 150 Å². The first-order valence-electron chi connectivity index (χ1n) is 13.5. The van der Waals surface area contributed by atoms with Gasteiger partial charge < -0.3 is 0 Å². The topological polar surface area (TPSA) is 26.6 Å². The largest absolute Gasteiger partial charge is 0.294 e. The number of para-hydroxylation sites is 3. The molecule has 0 bridgehead atoms. The summed E-state index contributed by atoms with van der Waals surface area (Å²) in [5.74, 6) is 0.965. The molecule has 4 nitrogen and oxygen atoms in total. The van der Waals surface area contributed by atoms with Crippen LogP contribution in [0.2, 0.25) is 13.1 Å². The fourth-order valence-electron chi connectivity index (χ4n) is 5.93. The SMILES string of the molecule is Cc1ccnc(-n2c3ccccc3c3ccc([Si](C)(C)c4cccc(-n5c[n+](C)c6ccccc65)c4)cc32)c1. The van der Waals surface area contributed by atoms with Crippen LogP contribution in [0.5, 0.6) is 0 Å². The molecule has 0 saturated carbocycles. The molecule has 0 aliphatic carbocycles. The van der Waals surface area contributed by atoms with Gasteiger partial charge in [0, 0.05) is 17.0 Å². The summed E-state index contributed by atoms with van der Waals surface area (Å²) < 4.78 is 6.82. The van der Waals surface area contributed by atoms with E-state index in [4.69, 9.17) is 4.98 Å². The molecule has 7 rings (SSSR count). The highest BCUT2D eigenvalue weighted by Crippen LogP contribution is 2.31. The van der Waals surface area contributed by atoms with Gasteiger partial charge in [-0.1, -0.05) is 78.1 Å². The second-order valence-electron chi connectivity index (χ2n) is 11.0. The zero-order valence-corrected chi connectivity index (χ0v) is 23.8. The van der Waals surface area contributed by atoms with Crippen LogP contribution >= 0.6 is 0 Å². The minimum absolute atomic E-state index is 0.965. The van der Waals surface area contributed by atoms with Crippen molar-refractivity contribution in [1.82, 2.24) is 14.1 Å². The van der Waals surface area contributed by atoms with Crippen molar-refractivity contribution >= 4 is 51.3 Å². The van der Waals surface area contributed by atoms with Crippen molar-refractivity contribution < 1.29 is 4.57 Å². The Bertz CT molecular complexity index is 2030. The van der Waals surface area contributed by atoms with Gasteiger partial charge in [0.2, 0.25) is 6.33 Å². The summed E-state index contributed by atoms with van der Waals surface area (Å²) in [6.45, 7) is 7.04. The number of pyridine rings is 1. The lowest BCUT2D eigenvalue weighted by atomic mass is 10.1. The zero-order valence-electron chi connectivity index (χ0n) is 22.8. The first-order chi connectivity index (χ1) is 18.9. The molecule has 0 amide bonds. The van der Waals surface area contributed by atoms with Crippen molar-refractivity contribution in [3.8, 4) is 11.5 Å². The Morgan fingerprint density at radius 3 is 2.28 bits per heavy atom. The minimum atomic E-state index is -2.04. The average molecular weight is 524 g/mol. The monoisotopic (exact) mass is 523 g/mol. The minimum Gasteiger partial charge on any atom is -0.294 e. The third kappa shape index (κ3) is 3.73. The van der Waals surface area contributed by atoms with Crippen LogP contribution in [0.3, 0.4) is 0 Å². The summed E-state index contributed by atoms with van der Waals surface area (Å²) in [5, 5.41) is 5.35. The lowest BCUT2D eigenvalue weighted by Crippen LogP contribution is -2.52. The Morgan fingerprint density at radius 1 is 0.692 bits per heavy atom. The molecule has 0 atom stereocenters. The number of fused-ring (bicyclic) bond motifs is 4. The van der Waals surface area contributed by atoms with Crippen LogP contribution < -0.4 is 14.9 Å². The normalized spacial score (nSPS) is 12.1. The lowest BCUT2D eigenvalue weighted by molar-refractivity contribution is -0.645. The first-order valence-corrected chi connectivity index (χ1v) is 16.5. The van der Waals surface area contributed by atoms with Gasteiger partial charge >= 0.3 is 0 Å². The maximum Gasteiger partial charge on any atom is 0.249 e. The number of aryl methyl sites for hydroxylation is 2. The number of hydrogen-bond donors (Lipinski definition) is 0. The standard InChI is InChI=1S/C34H31N4Si/c1-24-18-19-35-34(20-24)38-30-13-6-5-12-28(30)29-17-16-27(22-33(29)38)39(3,4)26-11-9-10-25(21-26)37-23-36(2)31-14-7-8-15-32(31)37/h5-23H,1-4H3/q+1. The fourth-order valence-corrected chi connectivity index (χ4v) is 8.28. The van der Waals surface area contributed by atoms with E-state index in [0.717, 1.165) is 5.82 Å². The number of imidazole rings is 1. The second-order valence-corrected chi connectivity index (χ2v) is 15.4. The molecule has 7 aromatic rings. The van der Waals surface area contributed by atoms with Crippen LogP contribution in [-0.2, 0) is 7.05 Å². The van der Waals surface area contributed by atoms with Crippen LogP contribution in [0.4, 0.5) is 0 Å². The summed E-state index contributed by atoms with van der Waals surface area (Å²) in [5.41, 5.74) is 7.25. The molecule has 0 unspecified atom stereocenters. The molecule has 3 aromatic heterocycles. The lowest BCUT2D eigenvalue weighted by Gasteiger charge is -2.24. The molecule has 3 heterocycles. The Balaban J connectivity index is 1.40. The van der Waals surface area contributed by atoms with E-state index in [9.17, 15) is 0 Å². The third-order valence-electron chi connectivity index (χ3n) is 8.18. The molecule has 5 heteroatoms. The summed E-state index contributed by atoms with van der Waals surface area (Å²) >= 11 is 0. The highest BCUT2D eigenvalue weighted by molar-refractivity contribution is 7.00. The Labute approximate surface area is 229 Å². The molecule has 0 aliphatic rings. The van der Waals surface area contributed by atoms with Gasteiger partial charge in [0.1, 0.15) is 19.6 Å². The number of hydrogen-bond acceptors (Lipinski definition) is 1. The van der Waals surface area contributed by atoms with Gasteiger partial charge in [0.25, 0.3) is 0 Å². The Kier molecular flexibility index (Phi) is 5.32. The van der Waals surface area contributed by atoms with Crippen molar-refractivity contribution in [2.45, 2.75) is 20.0 Å². The Hall–Kier alpha value is -4.48. The molecular formula is C34H31N4Si+. The highest BCUT2D eigenvalue weighted by atomic mass is 28.3. The number of benzene rings is 4. The van der Waals surface area contributed by atoms with Crippen molar-refractivity contribution in [1.29, 1.82) is 0 Å². The van der Waals surface area contributed by atoms with Crippen LogP contribution in [0.15, 0.2) is 116 Å². The van der Waals surface area contributed by atoms with Crippen LogP contribution in [0.25, 0.3) is 44.3 Å². The van der Waals surface area contributed by atoms with Gasteiger partial charge in [-0.3, -0.25) is 4.57 Å². The van der Waals surface area contributed by atoms with Crippen LogP contribution in [0, 0.1) is 6.92 Å². The van der Waals surface area contributed by atoms with E-state index in [1.54, 1.807) is 0 Å². The molecule has 0 spiro atoms. The molecule has 0 fully saturated rings. The van der Waals surface area contributed by atoms with Gasteiger partial charge in [-0.15, -0.1) is 0 Å². The summed E-state index contributed by atoms with van der Waals surface area (Å²) in [7, 11) is 0.0746. The predicted octanol–water partition coefficient (Wildman–Crippen LogP) is 6.08. The molecule has 0 radical (unpaired) electrons. The molecule has 4 aromatic carbocycles. The number of rotatable bonds is 4. The van der Waals surface area contributed by atoms with Crippen LogP contribution in [0.1, 0.15) is 5.56 Å². The third-order valence-corrected chi connectivity index (χ3v) is 11.7. The van der Waals surface area contributed by atoms with E-state index < -0.39 is 8.07 Å². The molecule has 0 aliphatic heterocycles. The van der Waals surface area contributed by atoms with Crippen molar-refractivity contribution in [2.24, 2.45) is 7.05 Å². The van der Waals surface area contributed by atoms with E-state index in [-0.39, 0.29) is 0 Å². The highest BCUT2D eigenvalue weighted by Gasteiger charge is 2.28. The van der Waals surface area contributed by atoms with Gasteiger partial charge in [-0.2, -0.15) is 4.57 Å². The van der Waals surface area contributed by atoms with Crippen LogP contribution in [-0.4, -0.2) is 22.2 Å². The first kappa shape index (κ1) is 23.6.